The van der Waals surface area contributed by atoms with Gasteiger partial charge in [0.15, 0.2) is 0 Å². The van der Waals surface area contributed by atoms with Crippen molar-refractivity contribution in [2.45, 2.75) is 24.3 Å². The molecule has 0 spiro atoms. The Kier molecular flexibility index (Phi) is 5.41. The van der Waals surface area contributed by atoms with E-state index in [0.717, 1.165) is 5.33 Å². The van der Waals surface area contributed by atoms with Gasteiger partial charge >= 0.3 is 0 Å². The number of hydrogen-bond donors (Lipinski definition) is 0. The van der Waals surface area contributed by atoms with E-state index >= 15 is 0 Å². The van der Waals surface area contributed by atoms with E-state index in [9.17, 15) is 0 Å². The van der Waals surface area contributed by atoms with E-state index in [-0.39, 0.29) is 10.4 Å². The first-order valence-corrected chi connectivity index (χ1v) is 5.33. The molecule has 0 fully saturated rings. The van der Waals surface area contributed by atoms with Crippen LogP contribution in [0.4, 0.5) is 0 Å². The number of methoxy groups -OCH3 is 1. The fourth-order valence-corrected chi connectivity index (χ4v) is 0.618. The molecule has 0 aliphatic heterocycles. The van der Waals surface area contributed by atoms with E-state index in [1.54, 1.807) is 7.11 Å². The topological polar surface area (TPSA) is 9.23 Å². The Hall–Kier alpha value is 0.480. The summed E-state index contributed by atoms with van der Waals surface area (Å²) in [7, 11) is 1.66. The number of halogens is 2. The van der Waals surface area contributed by atoms with Gasteiger partial charge in [-0.25, -0.2) is 0 Å². The van der Waals surface area contributed by atoms with Gasteiger partial charge in [-0.05, 0) is 13.8 Å². The van der Waals surface area contributed by atoms with Gasteiger partial charge in [0.2, 0.25) is 0 Å². The fraction of sp³-hybridized carbons (Fsp3) is 0.750. The molecule has 0 amide bonds. The minimum Gasteiger partial charge on any atom is -0.366 e. The molecular formula is C8H12Br2O. The third-order valence-electron chi connectivity index (χ3n) is 1.18. The summed E-state index contributed by atoms with van der Waals surface area (Å²) in [6, 6.07) is 0. The standard InChI is InChI=1S/C8H12Br2O/c1-8(2,11-3)5-4-7(10)6-9/h7H,6H2,1-3H3. The molecule has 1 unspecified atom stereocenters. The summed E-state index contributed by atoms with van der Waals surface area (Å²) in [6.07, 6.45) is 0. The highest BCUT2D eigenvalue weighted by Crippen LogP contribution is 2.07. The lowest BCUT2D eigenvalue weighted by atomic mass is 10.1. The minimum absolute atomic E-state index is 0.205. The van der Waals surface area contributed by atoms with Crippen LogP contribution in [-0.4, -0.2) is 22.9 Å². The van der Waals surface area contributed by atoms with Crippen molar-refractivity contribution in [2.75, 3.05) is 12.4 Å². The van der Waals surface area contributed by atoms with Crippen molar-refractivity contribution >= 4 is 31.9 Å². The van der Waals surface area contributed by atoms with Gasteiger partial charge in [-0.3, -0.25) is 0 Å². The summed E-state index contributed by atoms with van der Waals surface area (Å²) >= 11 is 6.70. The molecule has 0 rings (SSSR count). The van der Waals surface area contributed by atoms with Crippen LogP contribution in [0.3, 0.4) is 0 Å². The van der Waals surface area contributed by atoms with Crippen molar-refractivity contribution in [3.05, 3.63) is 0 Å². The summed E-state index contributed by atoms with van der Waals surface area (Å²) in [5.41, 5.74) is -0.339. The molecule has 0 radical (unpaired) electrons. The number of hydrogen-bond acceptors (Lipinski definition) is 1. The van der Waals surface area contributed by atoms with Crippen LogP contribution in [0.2, 0.25) is 0 Å². The van der Waals surface area contributed by atoms with Crippen molar-refractivity contribution in [1.29, 1.82) is 0 Å². The Balaban J connectivity index is 4.05. The van der Waals surface area contributed by atoms with Crippen molar-refractivity contribution < 1.29 is 4.74 Å². The Labute approximate surface area is 85.1 Å². The van der Waals surface area contributed by atoms with Gasteiger partial charge in [0.05, 0.1) is 4.83 Å². The first kappa shape index (κ1) is 11.5. The first-order chi connectivity index (χ1) is 5.02. The monoisotopic (exact) mass is 282 g/mol. The Morgan fingerprint density at radius 2 is 2.09 bits per heavy atom. The third kappa shape index (κ3) is 5.72. The lowest BCUT2D eigenvalue weighted by Crippen LogP contribution is -2.19. The predicted octanol–water partition coefficient (Wildman–Crippen LogP) is 2.57. The van der Waals surface area contributed by atoms with E-state index in [0.29, 0.717) is 0 Å². The fourth-order valence-electron chi connectivity index (χ4n) is 0.342. The largest absolute Gasteiger partial charge is 0.366 e. The highest BCUT2D eigenvalue weighted by molar-refractivity contribution is 9.12. The summed E-state index contributed by atoms with van der Waals surface area (Å²) in [4.78, 5) is 0.205. The molecule has 0 N–H and O–H groups in total. The van der Waals surface area contributed by atoms with Gasteiger partial charge in [-0.1, -0.05) is 43.7 Å². The van der Waals surface area contributed by atoms with E-state index in [4.69, 9.17) is 4.74 Å². The zero-order valence-corrected chi connectivity index (χ0v) is 10.1. The average molecular weight is 284 g/mol. The second kappa shape index (κ2) is 5.18. The van der Waals surface area contributed by atoms with E-state index < -0.39 is 0 Å². The van der Waals surface area contributed by atoms with Crippen LogP contribution in [0.25, 0.3) is 0 Å². The van der Waals surface area contributed by atoms with Crippen molar-refractivity contribution in [1.82, 2.24) is 0 Å². The lowest BCUT2D eigenvalue weighted by Gasteiger charge is -2.14. The lowest BCUT2D eigenvalue weighted by molar-refractivity contribution is 0.0741. The second-order valence-electron chi connectivity index (χ2n) is 2.61. The molecule has 0 heterocycles. The molecule has 0 aromatic rings. The number of alkyl halides is 2. The minimum atomic E-state index is -0.339. The van der Waals surface area contributed by atoms with Gasteiger partial charge in [0.25, 0.3) is 0 Å². The predicted molar refractivity (Wildman–Crippen MR) is 55.4 cm³/mol. The molecule has 1 atom stereocenters. The molecule has 0 saturated heterocycles. The maximum atomic E-state index is 5.12. The molecule has 0 aliphatic carbocycles. The van der Waals surface area contributed by atoms with E-state index in [2.05, 4.69) is 43.7 Å². The molecule has 1 nitrogen and oxygen atoms in total. The normalized spacial score (nSPS) is 13.5. The van der Waals surface area contributed by atoms with Gasteiger partial charge < -0.3 is 4.74 Å². The summed E-state index contributed by atoms with van der Waals surface area (Å²) < 4.78 is 5.12. The van der Waals surface area contributed by atoms with Crippen LogP contribution in [0, 0.1) is 11.8 Å². The summed E-state index contributed by atoms with van der Waals surface area (Å²) in [6.45, 7) is 3.88. The van der Waals surface area contributed by atoms with Crippen LogP contribution in [0.1, 0.15) is 13.8 Å². The van der Waals surface area contributed by atoms with Crippen LogP contribution >= 0.6 is 31.9 Å². The van der Waals surface area contributed by atoms with Crippen LogP contribution in [0.15, 0.2) is 0 Å². The first-order valence-electron chi connectivity index (χ1n) is 3.29. The van der Waals surface area contributed by atoms with Gasteiger partial charge in [-0.2, -0.15) is 0 Å². The second-order valence-corrected chi connectivity index (χ2v) is 4.36. The van der Waals surface area contributed by atoms with Crippen LogP contribution < -0.4 is 0 Å². The Morgan fingerprint density at radius 1 is 1.55 bits per heavy atom. The van der Waals surface area contributed by atoms with Crippen LogP contribution in [0.5, 0.6) is 0 Å². The maximum absolute atomic E-state index is 5.12. The Morgan fingerprint density at radius 3 is 2.45 bits per heavy atom. The molecule has 0 aromatic carbocycles. The Bertz CT molecular complexity index is 167. The molecule has 0 bridgehead atoms. The molecule has 11 heavy (non-hydrogen) atoms. The molecule has 3 heteroatoms. The van der Waals surface area contributed by atoms with E-state index in [1.807, 2.05) is 13.8 Å². The van der Waals surface area contributed by atoms with Crippen molar-refractivity contribution in [2.24, 2.45) is 0 Å². The molecule has 0 aromatic heterocycles. The zero-order valence-electron chi connectivity index (χ0n) is 6.95. The molecule has 64 valence electrons. The summed E-state index contributed by atoms with van der Waals surface area (Å²) in [5.74, 6) is 6.03. The zero-order chi connectivity index (χ0) is 8.91. The van der Waals surface area contributed by atoms with Gasteiger partial charge in [0.1, 0.15) is 5.60 Å². The van der Waals surface area contributed by atoms with E-state index in [1.165, 1.54) is 0 Å². The molecular weight excluding hydrogens is 272 g/mol. The smallest absolute Gasteiger partial charge is 0.122 e. The van der Waals surface area contributed by atoms with Gasteiger partial charge in [0, 0.05) is 12.4 Å². The molecule has 0 saturated carbocycles. The summed E-state index contributed by atoms with van der Waals surface area (Å²) in [5, 5.41) is 0.833. The average Bonchev–Trinajstić information content (AvgIpc) is 2.00. The van der Waals surface area contributed by atoms with Crippen molar-refractivity contribution in [3.8, 4) is 11.8 Å². The number of ether oxygens (including phenoxy) is 1. The quantitative estimate of drug-likeness (QED) is 0.559. The highest BCUT2D eigenvalue weighted by atomic mass is 79.9. The maximum Gasteiger partial charge on any atom is 0.122 e. The SMILES string of the molecule is COC(C)(C)C#CC(Br)CBr. The highest BCUT2D eigenvalue weighted by Gasteiger charge is 2.11. The third-order valence-corrected chi connectivity index (χ3v) is 3.24. The number of rotatable bonds is 2. The van der Waals surface area contributed by atoms with Crippen LogP contribution in [-0.2, 0) is 4.74 Å². The van der Waals surface area contributed by atoms with Gasteiger partial charge in [-0.15, -0.1) is 0 Å². The van der Waals surface area contributed by atoms with Crippen molar-refractivity contribution in [3.63, 3.8) is 0 Å². The molecule has 0 aliphatic rings.